The number of allylic oxidation sites excluding steroid dienone is 1. The quantitative estimate of drug-likeness (QED) is 0.0575. The summed E-state index contributed by atoms with van der Waals surface area (Å²) >= 11 is 0. The summed E-state index contributed by atoms with van der Waals surface area (Å²) in [6.07, 6.45) is 37.8. The van der Waals surface area contributed by atoms with Gasteiger partial charge in [-0.05, 0) is 44.9 Å². The minimum Gasteiger partial charge on any atom is -0.481 e. The number of carboxylic acids is 2. The first-order valence-electron chi connectivity index (χ1n) is 18.7. The Labute approximate surface area is 261 Å². The molecule has 0 aromatic heterocycles. The van der Waals surface area contributed by atoms with Crippen molar-refractivity contribution < 1.29 is 19.8 Å². The minimum absolute atomic E-state index is 0.313. The van der Waals surface area contributed by atoms with Crippen molar-refractivity contribution in [1.82, 2.24) is 0 Å². The van der Waals surface area contributed by atoms with Gasteiger partial charge in [-0.2, -0.15) is 0 Å². The molecule has 0 saturated carbocycles. The predicted octanol–water partition coefficient (Wildman–Crippen LogP) is 13.0. The number of hydrogen-bond acceptors (Lipinski definition) is 2. The highest BCUT2D eigenvalue weighted by molar-refractivity contribution is 5.87. The summed E-state index contributed by atoms with van der Waals surface area (Å²) in [6, 6.07) is 0. The van der Waals surface area contributed by atoms with E-state index in [1.54, 1.807) is 0 Å². The Morgan fingerprint density at radius 3 is 0.905 bits per heavy atom. The van der Waals surface area contributed by atoms with E-state index in [0.29, 0.717) is 6.42 Å². The van der Waals surface area contributed by atoms with E-state index >= 15 is 0 Å². The van der Waals surface area contributed by atoms with Crippen LogP contribution in [-0.2, 0) is 9.59 Å². The Morgan fingerprint density at radius 1 is 0.357 bits per heavy atom. The van der Waals surface area contributed by atoms with E-state index in [9.17, 15) is 14.7 Å². The van der Waals surface area contributed by atoms with Crippen LogP contribution in [0.25, 0.3) is 0 Å². The van der Waals surface area contributed by atoms with E-state index in [-0.39, 0.29) is 0 Å². The van der Waals surface area contributed by atoms with Gasteiger partial charge >= 0.3 is 11.9 Å². The zero-order chi connectivity index (χ0) is 30.9. The third-order valence-electron chi connectivity index (χ3n) is 8.92. The van der Waals surface area contributed by atoms with E-state index in [0.717, 1.165) is 56.9 Å². The van der Waals surface area contributed by atoms with Gasteiger partial charge in [0.15, 0.2) is 0 Å². The molecule has 42 heavy (non-hydrogen) atoms. The monoisotopic (exact) mass is 593 g/mol. The van der Waals surface area contributed by atoms with E-state index < -0.39 is 11.9 Å². The molecule has 0 aliphatic rings. The highest BCUT2D eigenvalue weighted by atomic mass is 16.4. The van der Waals surface area contributed by atoms with Crippen molar-refractivity contribution in [2.45, 2.75) is 219 Å². The Kier molecular flexibility index (Phi) is 31.6. The van der Waals surface area contributed by atoms with Crippen LogP contribution in [0.1, 0.15) is 219 Å². The molecule has 0 radical (unpaired) electrons. The lowest BCUT2D eigenvalue weighted by Crippen LogP contribution is -2.06. The lowest BCUT2D eigenvalue weighted by molar-refractivity contribution is -0.137. The average molecular weight is 593 g/mol. The van der Waals surface area contributed by atoms with Gasteiger partial charge in [0.05, 0.1) is 0 Å². The number of rotatable bonds is 34. The highest BCUT2D eigenvalue weighted by Gasteiger charge is 2.14. The molecule has 0 unspecified atom stereocenters. The summed E-state index contributed by atoms with van der Waals surface area (Å²) in [7, 11) is 0. The Morgan fingerprint density at radius 2 is 0.619 bits per heavy atom. The van der Waals surface area contributed by atoms with Gasteiger partial charge in [0.1, 0.15) is 0 Å². The number of carbonyl (C=O) groups is 2. The van der Waals surface area contributed by atoms with Crippen LogP contribution in [0, 0.1) is 0 Å². The maximum atomic E-state index is 12.3. The molecule has 2 N–H and O–H groups in total. The third-order valence-corrected chi connectivity index (χ3v) is 8.92. The average Bonchev–Trinajstić information content (AvgIpc) is 2.96. The molecule has 0 spiro atoms. The second kappa shape index (κ2) is 32.6. The van der Waals surface area contributed by atoms with Crippen LogP contribution < -0.4 is 0 Å². The largest absolute Gasteiger partial charge is 0.481 e. The summed E-state index contributed by atoms with van der Waals surface area (Å²) in [5, 5.41) is 18.8. The van der Waals surface area contributed by atoms with Crippen LogP contribution in [0.5, 0.6) is 0 Å². The van der Waals surface area contributed by atoms with Crippen molar-refractivity contribution in [1.29, 1.82) is 0 Å². The van der Waals surface area contributed by atoms with Crippen molar-refractivity contribution in [2.24, 2.45) is 0 Å². The van der Waals surface area contributed by atoms with Gasteiger partial charge in [0.2, 0.25) is 0 Å². The molecule has 0 aromatic rings. The molecule has 0 fully saturated rings. The predicted molar refractivity (Wildman–Crippen MR) is 181 cm³/mol. The zero-order valence-corrected chi connectivity index (χ0v) is 28.3. The fourth-order valence-electron chi connectivity index (χ4n) is 6.15. The topological polar surface area (TPSA) is 74.6 Å². The minimum atomic E-state index is -0.674. The lowest BCUT2D eigenvalue weighted by Gasteiger charge is -2.14. The Hall–Kier alpha value is -1.32. The molecule has 0 aliphatic heterocycles. The molecule has 248 valence electrons. The van der Waals surface area contributed by atoms with E-state index in [1.165, 1.54) is 153 Å². The van der Waals surface area contributed by atoms with Crippen LogP contribution in [0.4, 0.5) is 0 Å². The Bertz CT molecular complexity index is 639. The molecule has 4 nitrogen and oxygen atoms in total. The van der Waals surface area contributed by atoms with Crippen molar-refractivity contribution in [3.05, 3.63) is 11.1 Å². The first-order chi connectivity index (χ1) is 20.5. The van der Waals surface area contributed by atoms with Crippen LogP contribution in [-0.4, -0.2) is 22.2 Å². The third kappa shape index (κ3) is 28.8. The molecule has 0 heterocycles. The maximum Gasteiger partial charge on any atom is 0.331 e. The van der Waals surface area contributed by atoms with Gasteiger partial charge in [-0.15, -0.1) is 0 Å². The highest BCUT2D eigenvalue weighted by Crippen LogP contribution is 2.26. The fourth-order valence-corrected chi connectivity index (χ4v) is 6.15. The van der Waals surface area contributed by atoms with Crippen LogP contribution in [0.3, 0.4) is 0 Å². The van der Waals surface area contributed by atoms with Gasteiger partial charge in [-0.25, -0.2) is 4.79 Å². The van der Waals surface area contributed by atoms with Crippen molar-refractivity contribution in [3.63, 3.8) is 0 Å². The zero-order valence-electron chi connectivity index (χ0n) is 28.3. The van der Waals surface area contributed by atoms with Crippen molar-refractivity contribution in [3.8, 4) is 0 Å². The van der Waals surface area contributed by atoms with Crippen molar-refractivity contribution >= 4 is 11.9 Å². The second-order valence-corrected chi connectivity index (χ2v) is 13.0. The molecule has 0 aliphatic carbocycles. The van der Waals surface area contributed by atoms with Gasteiger partial charge < -0.3 is 10.2 Å². The summed E-state index contributed by atoms with van der Waals surface area (Å²) in [5.41, 5.74) is 2.02. The fraction of sp³-hybridized carbons (Fsp3) is 0.895. The number of carboxylic acid groups (broad SMARTS) is 2. The van der Waals surface area contributed by atoms with Gasteiger partial charge in [-0.1, -0.05) is 174 Å². The molecule has 0 amide bonds. The summed E-state index contributed by atoms with van der Waals surface area (Å²) in [5.74, 6) is -1.33. The summed E-state index contributed by atoms with van der Waals surface area (Å²) < 4.78 is 0. The molecular weight excluding hydrogens is 520 g/mol. The van der Waals surface area contributed by atoms with Crippen LogP contribution in [0.2, 0.25) is 0 Å². The molecule has 0 saturated heterocycles. The SMILES string of the molecule is CCCCCCCCCCC(CCCCCCCCCCCCCCC(=O)O)=C(CCCCCCCCCC)C(=O)O. The first kappa shape index (κ1) is 40.7. The first-order valence-corrected chi connectivity index (χ1v) is 18.7. The Balaban J connectivity index is 4.36. The molecule has 0 atom stereocenters. The lowest BCUT2D eigenvalue weighted by atomic mass is 9.92. The molecule has 4 heteroatoms. The number of hydrogen-bond donors (Lipinski definition) is 2. The normalized spacial score (nSPS) is 12.0. The van der Waals surface area contributed by atoms with E-state index in [4.69, 9.17) is 5.11 Å². The maximum absolute atomic E-state index is 12.3. The van der Waals surface area contributed by atoms with Gasteiger partial charge in [0, 0.05) is 12.0 Å². The van der Waals surface area contributed by atoms with E-state index in [1.807, 2.05) is 0 Å². The van der Waals surface area contributed by atoms with E-state index in [2.05, 4.69) is 13.8 Å². The molecule has 0 aromatic carbocycles. The second-order valence-electron chi connectivity index (χ2n) is 13.0. The van der Waals surface area contributed by atoms with Crippen LogP contribution >= 0.6 is 0 Å². The summed E-state index contributed by atoms with van der Waals surface area (Å²) in [6.45, 7) is 4.52. The molecule has 0 bridgehead atoms. The molecule has 0 rings (SSSR count). The van der Waals surface area contributed by atoms with Gasteiger partial charge in [0.25, 0.3) is 0 Å². The summed E-state index contributed by atoms with van der Waals surface area (Å²) in [4.78, 5) is 22.8. The standard InChI is InChI=1S/C38H72O4/c1-3-5-7-9-11-19-23-27-31-35(36(38(41)42)33-29-25-21-12-10-8-6-4-2)32-28-24-20-17-15-13-14-16-18-22-26-30-34-37(39)40/h3-34H2,1-2H3,(H,39,40)(H,41,42). The number of unbranched alkanes of at least 4 members (excludes halogenated alkanes) is 25. The smallest absolute Gasteiger partial charge is 0.331 e. The van der Waals surface area contributed by atoms with Gasteiger partial charge in [-0.3, -0.25) is 4.79 Å². The van der Waals surface area contributed by atoms with Crippen molar-refractivity contribution in [2.75, 3.05) is 0 Å². The molecular formula is C38H72O4. The number of aliphatic carboxylic acids is 2. The van der Waals surface area contributed by atoms with Crippen LogP contribution in [0.15, 0.2) is 11.1 Å².